The number of halogens is 3. The molecule has 2 rings (SSSR count). The zero-order valence-corrected chi connectivity index (χ0v) is 18.2. The highest BCUT2D eigenvalue weighted by Crippen LogP contribution is 2.32. The summed E-state index contributed by atoms with van der Waals surface area (Å²) in [6.45, 7) is 1.86. The number of hydrogen-bond acceptors (Lipinski definition) is 4. The summed E-state index contributed by atoms with van der Waals surface area (Å²) in [5.41, 5.74) is 1.16. The van der Waals surface area contributed by atoms with Crippen LogP contribution in [-0.2, 0) is 0 Å². The number of pyridine rings is 1. The summed E-state index contributed by atoms with van der Waals surface area (Å²) < 4.78 is 7.57. The third-order valence-electron chi connectivity index (χ3n) is 2.95. The Hall–Kier alpha value is -1.03. The van der Waals surface area contributed by atoms with Gasteiger partial charge in [0.15, 0.2) is 5.11 Å². The van der Waals surface area contributed by atoms with Gasteiger partial charge in [-0.15, -0.1) is 0 Å². The van der Waals surface area contributed by atoms with Crippen molar-refractivity contribution in [2.75, 3.05) is 12.4 Å². The molecule has 0 spiro atoms. The molecule has 1 aromatic carbocycles. The molecule has 0 bridgehead atoms. The number of rotatable bonds is 3. The van der Waals surface area contributed by atoms with E-state index in [2.05, 4.69) is 63.4 Å². The van der Waals surface area contributed by atoms with Crippen LogP contribution in [-0.4, -0.2) is 23.1 Å². The summed E-state index contributed by atoms with van der Waals surface area (Å²) in [6.07, 6.45) is 0. The van der Waals surface area contributed by atoms with Gasteiger partial charge in [-0.25, -0.2) is 4.98 Å². The second-order valence-corrected chi connectivity index (χ2v) is 7.67. The molecular formula is C15H12Br3N3O2S. The smallest absolute Gasteiger partial charge is 0.261 e. The lowest BCUT2D eigenvalue weighted by Gasteiger charge is -2.13. The summed E-state index contributed by atoms with van der Waals surface area (Å²) >= 11 is 15.3. The molecule has 0 aliphatic carbocycles. The highest BCUT2D eigenvalue weighted by Gasteiger charge is 2.17. The second-order valence-electron chi connectivity index (χ2n) is 4.64. The minimum atomic E-state index is -0.389. The van der Waals surface area contributed by atoms with E-state index in [-0.39, 0.29) is 11.0 Å². The van der Waals surface area contributed by atoms with Crippen molar-refractivity contribution in [1.29, 1.82) is 0 Å². The number of aryl methyl sites for hydroxylation is 1. The number of anilines is 1. The number of ether oxygens (including phenoxy) is 1. The third-order valence-corrected chi connectivity index (χ3v) is 5.04. The van der Waals surface area contributed by atoms with E-state index in [9.17, 15) is 4.79 Å². The molecule has 0 unspecified atom stereocenters. The van der Waals surface area contributed by atoms with Gasteiger partial charge in [0.2, 0.25) is 0 Å². The molecule has 0 aliphatic heterocycles. The monoisotopic (exact) mass is 535 g/mol. The maximum absolute atomic E-state index is 12.5. The van der Waals surface area contributed by atoms with Crippen molar-refractivity contribution in [3.8, 4) is 5.75 Å². The average Bonchev–Trinajstić information content (AvgIpc) is 2.50. The zero-order chi connectivity index (χ0) is 17.9. The lowest BCUT2D eigenvalue weighted by atomic mass is 10.2. The molecule has 1 heterocycles. The van der Waals surface area contributed by atoms with Crippen LogP contribution in [0.15, 0.2) is 37.7 Å². The molecular weight excluding hydrogens is 526 g/mol. The van der Waals surface area contributed by atoms with Crippen LogP contribution in [0, 0.1) is 6.92 Å². The Morgan fingerprint density at radius 1 is 1.21 bits per heavy atom. The van der Waals surface area contributed by atoms with E-state index in [1.54, 1.807) is 18.2 Å². The fourth-order valence-corrected chi connectivity index (χ4v) is 3.67. The fraction of sp³-hybridized carbons (Fsp3) is 0.133. The van der Waals surface area contributed by atoms with Crippen LogP contribution in [0.3, 0.4) is 0 Å². The van der Waals surface area contributed by atoms with Crippen LogP contribution in [0.25, 0.3) is 0 Å². The Morgan fingerprint density at radius 2 is 1.92 bits per heavy atom. The lowest BCUT2D eigenvalue weighted by molar-refractivity contribution is 0.0974. The van der Waals surface area contributed by atoms with Crippen molar-refractivity contribution < 1.29 is 9.53 Å². The summed E-state index contributed by atoms with van der Waals surface area (Å²) in [7, 11) is 1.50. The highest BCUT2D eigenvalue weighted by atomic mass is 79.9. The largest absolute Gasteiger partial charge is 0.495 e. The molecule has 1 aromatic heterocycles. The second kappa shape index (κ2) is 8.37. The number of nitrogens with zero attached hydrogens (tertiary/aromatic N) is 1. The number of hydrogen-bond donors (Lipinski definition) is 2. The molecule has 0 atom stereocenters. The lowest BCUT2D eigenvalue weighted by Crippen LogP contribution is -2.34. The number of nitrogens with one attached hydrogen (secondary N) is 2. The standard InChI is InChI=1S/C15H12Br3N3O2S/c1-7-10(17)3-4-12(19-7)20-15(24)21-14(22)9-5-8(16)6-11(18)13(9)23-2/h3-6H,1-2H3,(H2,19,20,21,22,24). The molecule has 0 saturated heterocycles. The Labute approximate surface area is 170 Å². The minimum absolute atomic E-state index is 0.146. The predicted octanol–water partition coefficient (Wildman–Crippen LogP) is 4.81. The van der Waals surface area contributed by atoms with Gasteiger partial charge in [0, 0.05) is 8.95 Å². The number of benzene rings is 1. The van der Waals surface area contributed by atoms with Crippen molar-refractivity contribution in [2.45, 2.75) is 6.92 Å². The van der Waals surface area contributed by atoms with Crippen LogP contribution in [0.5, 0.6) is 5.75 Å². The molecule has 2 aromatic rings. The quantitative estimate of drug-likeness (QED) is 0.550. The Balaban J connectivity index is 2.14. The van der Waals surface area contributed by atoms with E-state index in [0.29, 0.717) is 21.6 Å². The number of carbonyl (C=O) groups excluding carboxylic acids is 1. The Bertz CT molecular complexity index is 815. The first-order chi connectivity index (χ1) is 11.3. The number of amides is 1. The molecule has 5 nitrogen and oxygen atoms in total. The van der Waals surface area contributed by atoms with Gasteiger partial charge < -0.3 is 10.1 Å². The molecule has 0 saturated carbocycles. The van der Waals surface area contributed by atoms with Crippen molar-refractivity contribution in [3.05, 3.63) is 48.9 Å². The van der Waals surface area contributed by atoms with Crippen molar-refractivity contribution in [3.63, 3.8) is 0 Å². The topological polar surface area (TPSA) is 63.2 Å². The van der Waals surface area contributed by atoms with Crippen LogP contribution < -0.4 is 15.4 Å². The first kappa shape index (κ1) is 19.3. The summed E-state index contributed by atoms with van der Waals surface area (Å²) in [5.74, 6) is 0.583. The minimum Gasteiger partial charge on any atom is -0.495 e. The number of thiocarbonyl (C=S) groups is 1. The highest BCUT2D eigenvalue weighted by molar-refractivity contribution is 9.11. The third kappa shape index (κ3) is 4.75. The van der Waals surface area contributed by atoms with Gasteiger partial charge in [-0.05, 0) is 75.3 Å². The Kier molecular flexibility index (Phi) is 6.73. The first-order valence-corrected chi connectivity index (χ1v) is 9.39. The van der Waals surface area contributed by atoms with Gasteiger partial charge in [-0.1, -0.05) is 15.9 Å². The predicted molar refractivity (Wildman–Crippen MR) is 109 cm³/mol. The summed E-state index contributed by atoms with van der Waals surface area (Å²) in [4.78, 5) is 16.8. The van der Waals surface area contributed by atoms with Gasteiger partial charge >= 0.3 is 0 Å². The van der Waals surface area contributed by atoms with E-state index >= 15 is 0 Å². The van der Waals surface area contributed by atoms with Crippen LogP contribution in [0.4, 0.5) is 5.82 Å². The van der Waals surface area contributed by atoms with E-state index in [4.69, 9.17) is 17.0 Å². The molecule has 24 heavy (non-hydrogen) atoms. The van der Waals surface area contributed by atoms with E-state index in [1.165, 1.54) is 7.11 Å². The van der Waals surface area contributed by atoms with Gasteiger partial charge in [-0.2, -0.15) is 0 Å². The summed E-state index contributed by atoms with van der Waals surface area (Å²) in [6, 6.07) is 7.06. The van der Waals surface area contributed by atoms with E-state index in [1.807, 2.05) is 13.0 Å². The fourth-order valence-electron chi connectivity index (χ4n) is 1.87. The Morgan fingerprint density at radius 3 is 2.54 bits per heavy atom. The van der Waals surface area contributed by atoms with Crippen LogP contribution in [0.2, 0.25) is 0 Å². The maximum Gasteiger partial charge on any atom is 0.261 e. The van der Waals surface area contributed by atoms with Crippen molar-refractivity contribution in [1.82, 2.24) is 10.3 Å². The van der Waals surface area contributed by atoms with Gasteiger partial charge in [-0.3, -0.25) is 10.1 Å². The van der Waals surface area contributed by atoms with Crippen molar-refractivity contribution in [2.24, 2.45) is 0 Å². The molecule has 126 valence electrons. The van der Waals surface area contributed by atoms with Crippen LogP contribution >= 0.6 is 60.0 Å². The number of carbonyl (C=O) groups is 1. The SMILES string of the molecule is COc1c(Br)cc(Br)cc1C(=O)NC(=S)Nc1ccc(Br)c(C)n1. The zero-order valence-electron chi connectivity index (χ0n) is 12.6. The van der Waals surface area contributed by atoms with Gasteiger partial charge in [0.05, 0.1) is 22.8 Å². The van der Waals surface area contributed by atoms with E-state index in [0.717, 1.165) is 14.6 Å². The first-order valence-electron chi connectivity index (χ1n) is 6.60. The molecule has 0 fully saturated rings. The molecule has 1 amide bonds. The number of methoxy groups -OCH3 is 1. The molecule has 0 radical (unpaired) electrons. The van der Waals surface area contributed by atoms with Gasteiger partial charge in [0.1, 0.15) is 11.6 Å². The summed E-state index contributed by atoms with van der Waals surface area (Å²) in [5, 5.41) is 5.64. The number of aromatic nitrogens is 1. The van der Waals surface area contributed by atoms with E-state index < -0.39 is 0 Å². The molecule has 2 N–H and O–H groups in total. The van der Waals surface area contributed by atoms with Crippen molar-refractivity contribution >= 4 is 76.8 Å². The molecule has 0 aliphatic rings. The molecule has 9 heteroatoms. The van der Waals surface area contributed by atoms with Crippen LogP contribution in [0.1, 0.15) is 16.1 Å². The average molecular weight is 538 g/mol. The normalized spacial score (nSPS) is 10.2. The maximum atomic E-state index is 12.5. The van der Waals surface area contributed by atoms with Gasteiger partial charge in [0.25, 0.3) is 5.91 Å².